The molecule has 0 amide bonds. The lowest BCUT2D eigenvalue weighted by Crippen LogP contribution is -1.72. The molecule has 0 bridgehead atoms. The van der Waals surface area contributed by atoms with Crippen LogP contribution in [-0.2, 0) is 0 Å². The fraction of sp³-hybridized carbons (Fsp3) is 0. The van der Waals surface area contributed by atoms with Crippen LogP contribution in [0.15, 0.2) is 29.4 Å². The second-order valence-electron chi connectivity index (χ2n) is 2.54. The Bertz CT molecular complexity index is 464. The van der Waals surface area contributed by atoms with Crippen LogP contribution in [0.25, 0.3) is 10.1 Å². The molecule has 1 heterocycles. The molecule has 4 heteroatoms. The number of hydrogen-bond acceptors (Lipinski definition) is 3. The van der Waals surface area contributed by atoms with Gasteiger partial charge in [0.25, 0.3) is 0 Å². The van der Waals surface area contributed by atoms with Crippen LogP contribution in [0.1, 0.15) is 4.88 Å². The SMILES string of the molecule is O/N=C\c1cc2c(F)cccc2s1. The first-order valence-electron chi connectivity index (χ1n) is 3.67. The van der Waals surface area contributed by atoms with Crippen LogP contribution < -0.4 is 0 Å². The molecule has 1 N–H and O–H groups in total. The van der Waals surface area contributed by atoms with E-state index in [1.165, 1.54) is 23.6 Å². The van der Waals surface area contributed by atoms with Gasteiger partial charge in [0, 0.05) is 10.1 Å². The second kappa shape index (κ2) is 3.14. The number of halogens is 1. The van der Waals surface area contributed by atoms with Crippen molar-refractivity contribution in [3.63, 3.8) is 0 Å². The van der Waals surface area contributed by atoms with Gasteiger partial charge in [0.15, 0.2) is 0 Å². The van der Waals surface area contributed by atoms with E-state index in [1.54, 1.807) is 12.1 Å². The molecule has 1 aromatic carbocycles. The molecule has 0 saturated carbocycles. The summed E-state index contributed by atoms with van der Waals surface area (Å²) in [6, 6.07) is 6.57. The Balaban J connectivity index is 2.68. The minimum atomic E-state index is -0.244. The van der Waals surface area contributed by atoms with Crippen LogP contribution in [0.3, 0.4) is 0 Å². The highest BCUT2D eigenvalue weighted by atomic mass is 32.1. The third-order valence-corrected chi connectivity index (χ3v) is 2.75. The van der Waals surface area contributed by atoms with Crippen LogP contribution in [-0.4, -0.2) is 11.4 Å². The topological polar surface area (TPSA) is 32.6 Å². The molecular weight excluding hydrogens is 189 g/mol. The van der Waals surface area contributed by atoms with Gasteiger partial charge in [-0.15, -0.1) is 11.3 Å². The highest BCUT2D eigenvalue weighted by molar-refractivity contribution is 7.20. The number of oxime groups is 1. The lowest BCUT2D eigenvalue weighted by molar-refractivity contribution is 0.322. The highest BCUT2D eigenvalue weighted by Gasteiger charge is 2.03. The first-order chi connectivity index (χ1) is 6.31. The molecule has 0 saturated heterocycles. The van der Waals surface area contributed by atoms with Gasteiger partial charge in [-0.05, 0) is 18.2 Å². The van der Waals surface area contributed by atoms with Gasteiger partial charge in [-0.2, -0.15) is 0 Å². The largest absolute Gasteiger partial charge is 0.411 e. The van der Waals surface area contributed by atoms with Crippen molar-refractivity contribution in [2.24, 2.45) is 5.16 Å². The van der Waals surface area contributed by atoms with Crippen molar-refractivity contribution in [3.8, 4) is 0 Å². The number of hydrogen-bond donors (Lipinski definition) is 1. The van der Waals surface area contributed by atoms with Crippen LogP contribution >= 0.6 is 11.3 Å². The van der Waals surface area contributed by atoms with Gasteiger partial charge in [0.1, 0.15) is 5.82 Å². The summed E-state index contributed by atoms with van der Waals surface area (Å²) in [7, 11) is 0. The fourth-order valence-corrected chi connectivity index (χ4v) is 2.11. The molecule has 66 valence electrons. The molecule has 13 heavy (non-hydrogen) atoms. The van der Waals surface area contributed by atoms with Crippen molar-refractivity contribution >= 4 is 27.6 Å². The normalized spacial score (nSPS) is 11.5. The fourth-order valence-electron chi connectivity index (χ4n) is 1.17. The third kappa shape index (κ3) is 1.40. The van der Waals surface area contributed by atoms with E-state index in [2.05, 4.69) is 5.16 Å². The van der Waals surface area contributed by atoms with E-state index in [9.17, 15) is 4.39 Å². The number of rotatable bonds is 1. The average Bonchev–Trinajstić information content (AvgIpc) is 2.49. The summed E-state index contributed by atoms with van der Waals surface area (Å²) in [4.78, 5) is 0.739. The highest BCUT2D eigenvalue weighted by Crippen LogP contribution is 2.26. The maximum absolute atomic E-state index is 13.1. The summed E-state index contributed by atoms with van der Waals surface area (Å²) < 4.78 is 14.0. The van der Waals surface area contributed by atoms with Gasteiger partial charge in [0.05, 0.1) is 11.1 Å². The zero-order valence-corrected chi connectivity index (χ0v) is 7.38. The van der Waals surface area contributed by atoms with Crippen LogP contribution in [0.5, 0.6) is 0 Å². The molecule has 1 aromatic heterocycles. The summed E-state index contributed by atoms with van der Waals surface area (Å²) in [5, 5.41) is 11.8. The Morgan fingerprint density at radius 3 is 3.00 bits per heavy atom. The minimum absolute atomic E-state index is 0.244. The average molecular weight is 195 g/mol. The molecule has 2 rings (SSSR count). The maximum atomic E-state index is 13.1. The van der Waals surface area contributed by atoms with E-state index >= 15 is 0 Å². The smallest absolute Gasteiger partial charge is 0.131 e. The van der Waals surface area contributed by atoms with E-state index < -0.39 is 0 Å². The summed E-state index contributed by atoms with van der Waals surface area (Å²) in [6.45, 7) is 0. The monoisotopic (exact) mass is 195 g/mol. The molecule has 0 radical (unpaired) electrons. The van der Waals surface area contributed by atoms with Crippen molar-refractivity contribution < 1.29 is 9.60 Å². The van der Waals surface area contributed by atoms with Gasteiger partial charge < -0.3 is 5.21 Å². The summed E-state index contributed by atoms with van der Waals surface area (Å²) in [5.74, 6) is -0.244. The molecule has 0 atom stereocenters. The van der Waals surface area contributed by atoms with E-state index in [0.29, 0.717) is 5.39 Å². The Labute approximate surface area is 77.9 Å². The molecule has 2 aromatic rings. The van der Waals surface area contributed by atoms with E-state index in [1.807, 2.05) is 6.07 Å². The van der Waals surface area contributed by atoms with Gasteiger partial charge in [-0.25, -0.2) is 4.39 Å². The van der Waals surface area contributed by atoms with Gasteiger partial charge >= 0.3 is 0 Å². The Morgan fingerprint density at radius 2 is 2.31 bits per heavy atom. The predicted molar refractivity (Wildman–Crippen MR) is 51.2 cm³/mol. The van der Waals surface area contributed by atoms with Crippen LogP contribution in [0.4, 0.5) is 4.39 Å². The quantitative estimate of drug-likeness (QED) is 0.423. The van der Waals surface area contributed by atoms with Gasteiger partial charge in [0.2, 0.25) is 0 Å². The van der Waals surface area contributed by atoms with Crippen molar-refractivity contribution in [2.75, 3.05) is 0 Å². The van der Waals surface area contributed by atoms with Crippen LogP contribution in [0, 0.1) is 5.82 Å². The first kappa shape index (κ1) is 8.19. The molecule has 2 nitrogen and oxygen atoms in total. The van der Waals surface area contributed by atoms with Crippen molar-refractivity contribution in [2.45, 2.75) is 0 Å². The van der Waals surface area contributed by atoms with Crippen molar-refractivity contribution in [1.82, 2.24) is 0 Å². The Hall–Kier alpha value is -1.42. The van der Waals surface area contributed by atoms with Crippen molar-refractivity contribution in [1.29, 1.82) is 0 Å². The summed E-state index contributed by atoms with van der Waals surface area (Å²) in [5.41, 5.74) is 0. The molecule has 0 spiro atoms. The number of fused-ring (bicyclic) bond motifs is 1. The molecule has 0 fully saturated rings. The number of thiophene rings is 1. The summed E-state index contributed by atoms with van der Waals surface area (Å²) >= 11 is 1.39. The summed E-state index contributed by atoms with van der Waals surface area (Å²) in [6.07, 6.45) is 1.30. The molecule has 0 aliphatic heterocycles. The van der Waals surface area contributed by atoms with E-state index in [4.69, 9.17) is 5.21 Å². The van der Waals surface area contributed by atoms with Crippen molar-refractivity contribution in [3.05, 3.63) is 35.0 Å². The molecule has 0 unspecified atom stereocenters. The van der Waals surface area contributed by atoms with Crippen LogP contribution in [0.2, 0.25) is 0 Å². The molecular formula is C9H6FNOS. The van der Waals surface area contributed by atoms with E-state index in [-0.39, 0.29) is 5.82 Å². The van der Waals surface area contributed by atoms with E-state index in [0.717, 1.165) is 9.58 Å². The standard InChI is InChI=1S/C9H6FNOS/c10-8-2-1-3-9-7(8)4-6(13-9)5-11-12/h1-5,12H/b11-5-. The third-order valence-electron chi connectivity index (χ3n) is 1.71. The maximum Gasteiger partial charge on any atom is 0.131 e. The molecule has 0 aliphatic rings. The van der Waals surface area contributed by atoms with Gasteiger partial charge in [-0.1, -0.05) is 11.2 Å². The number of benzene rings is 1. The molecule has 0 aliphatic carbocycles. The Kier molecular flexibility index (Phi) is 1.98. The van der Waals surface area contributed by atoms with Gasteiger partial charge in [-0.3, -0.25) is 0 Å². The second-order valence-corrected chi connectivity index (χ2v) is 3.66. The zero-order valence-electron chi connectivity index (χ0n) is 6.57. The lowest BCUT2D eigenvalue weighted by Gasteiger charge is -1.87. The predicted octanol–water partition coefficient (Wildman–Crippen LogP) is 2.85. The first-order valence-corrected chi connectivity index (χ1v) is 4.48. The zero-order chi connectivity index (χ0) is 9.26. The lowest BCUT2D eigenvalue weighted by atomic mass is 10.2. The number of nitrogens with zero attached hydrogens (tertiary/aromatic N) is 1. The minimum Gasteiger partial charge on any atom is -0.411 e. The Morgan fingerprint density at radius 1 is 1.46 bits per heavy atom.